The number of rotatable bonds is 3. The van der Waals surface area contributed by atoms with Crippen molar-refractivity contribution in [2.45, 2.75) is 50.5 Å². The van der Waals surface area contributed by atoms with Crippen LogP contribution in [0.15, 0.2) is 30.3 Å². The molecule has 1 saturated heterocycles. The van der Waals surface area contributed by atoms with Crippen LogP contribution in [0.5, 0.6) is 0 Å². The molecule has 0 spiro atoms. The van der Waals surface area contributed by atoms with Gasteiger partial charge < -0.3 is 10.0 Å². The minimum atomic E-state index is -0.324. The van der Waals surface area contributed by atoms with E-state index in [1.165, 1.54) is 5.56 Å². The van der Waals surface area contributed by atoms with Crippen LogP contribution in [0.2, 0.25) is 0 Å². The van der Waals surface area contributed by atoms with Gasteiger partial charge in [0.15, 0.2) is 0 Å². The van der Waals surface area contributed by atoms with Crippen molar-refractivity contribution in [2.75, 3.05) is 13.1 Å². The van der Waals surface area contributed by atoms with Gasteiger partial charge in [-0.05, 0) is 38.2 Å². The molecule has 0 radical (unpaired) electrons. The molecule has 1 aliphatic heterocycles. The number of amides is 1. The lowest BCUT2D eigenvalue weighted by atomic mass is 9.63. The standard InChI is InChI=1S/C18H25NO2/c1-14(20)15-7-5-12-19(13-15)17(21)18(10-6-11-18)16-8-3-2-4-9-16/h2-4,8-9,14-15,20H,5-7,10-13H2,1H3. The Hall–Kier alpha value is -1.35. The summed E-state index contributed by atoms with van der Waals surface area (Å²) in [6, 6.07) is 10.2. The van der Waals surface area contributed by atoms with Crippen molar-refractivity contribution in [3.8, 4) is 0 Å². The quantitative estimate of drug-likeness (QED) is 0.928. The zero-order valence-corrected chi connectivity index (χ0v) is 12.8. The summed E-state index contributed by atoms with van der Waals surface area (Å²) in [5, 5.41) is 9.83. The fraction of sp³-hybridized carbons (Fsp3) is 0.611. The molecule has 0 bridgehead atoms. The lowest BCUT2D eigenvalue weighted by Gasteiger charge is -2.46. The van der Waals surface area contributed by atoms with Crippen LogP contribution in [-0.4, -0.2) is 35.1 Å². The number of carbonyl (C=O) groups excluding carboxylic acids is 1. The highest BCUT2D eigenvalue weighted by atomic mass is 16.3. The normalized spacial score (nSPS) is 26.0. The van der Waals surface area contributed by atoms with E-state index >= 15 is 0 Å². The molecule has 1 heterocycles. The number of nitrogens with zero attached hydrogens (tertiary/aromatic N) is 1. The van der Waals surface area contributed by atoms with E-state index in [-0.39, 0.29) is 23.3 Å². The summed E-state index contributed by atoms with van der Waals surface area (Å²) in [6.07, 6.45) is 4.77. The zero-order chi connectivity index (χ0) is 14.9. The van der Waals surface area contributed by atoms with Crippen molar-refractivity contribution in [3.63, 3.8) is 0 Å². The van der Waals surface area contributed by atoms with Gasteiger partial charge in [-0.2, -0.15) is 0 Å². The molecule has 1 aromatic rings. The Labute approximate surface area is 127 Å². The van der Waals surface area contributed by atoms with E-state index in [1.807, 2.05) is 30.0 Å². The number of hydrogen-bond acceptors (Lipinski definition) is 2. The minimum absolute atomic E-state index is 0.232. The maximum Gasteiger partial charge on any atom is 0.233 e. The molecule has 3 heteroatoms. The van der Waals surface area contributed by atoms with Crippen LogP contribution in [0, 0.1) is 5.92 Å². The molecule has 114 valence electrons. The average molecular weight is 287 g/mol. The van der Waals surface area contributed by atoms with Gasteiger partial charge in [0.2, 0.25) is 5.91 Å². The third-order valence-electron chi connectivity index (χ3n) is 5.37. The first-order chi connectivity index (χ1) is 10.1. The van der Waals surface area contributed by atoms with Crippen molar-refractivity contribution in [2.24, 2.45) is 5.92 Å². The molecule has 2 aliphatic rings. The summed E-state index contributed by atoms with van der Waals surface area (Å²) in [6.45, 7) is 3.40. The van der Waals surface area contributed by atoms with E-state index in [4.69, 9.17) is 0 Å². The van der Waals surface area contributed by atoms with E-state index in [1.54, 1.807) is 0 Å². The first-order valence-corrected chi connectivity index (χ1v) is 8.16. The topological polar surface area (TPSA) is 40.5 Å². The maximum atomic E-state index is 13.1. The largest absolute Gasteiger partial charge is 0.393 e. The molecular weight excluding hydrogens is 262 g/mol. The molecule has 1 N–H and O–H groups in total. The van der Waals surface area contributed by atoms with Gasteiger partial charge in [-0.1, -0.05) is 36.8 Å². The van der Waals surface area contributed by atoms with E-state index in [0.29, 0.717) is 6.54 Å². The van der Waals surface area contributed by atoms with E-state index < -0.39 is 0 Å². The minimum Gasteiger partial charge on any atom is -0.393 e. The Morgan fingerprint density at radius 1 is 1.29 bits per heavy atom. The molecule has 1 amide bonds. The third kappa shape index (κ3) is 2.59. The van der Waals surface area contributed by atoms with Gasteiger partial charge in [-0.15, -0.1) is 0 Å². The number of piperidine rings is 1. The smallest absolute Gasteiger partial charge is 0.233 e. The van der Waals surface area contributed by atoms with Gasteiger partial charge >= 0.3 is 0 Å². The highest BCUT2D eigenvalue weighted by molar-refractivity contribution is 5.89. The van der Waals surface area contributed by atoms with Crippen LogP contribution in [0.1, 0.15) is 44.6 Å². The fourth-order valence-electron chi connectivity index (χ4n) is 3.80. The van der Waals surface area contributed by atoms with E-state index in [0.717, 1.165) is 38.6 Å². The van der Waals surface area contributed by atoms with Gasteiger partial charge in [0.05, 0.1) is 11.5 Å². The zero-order valence-electron chi connectivity index (χ0n) is 12.8. The number of aliphatic hydroxyl groups is 1. The molecule has 1 aromatic carbocycles. The molecule has 3 rings (SSSR count). The fourth-order valence-corrected chi connectivity index (χ4v) is 3.80. The summed E-state index contributed by atoms with van der Waals surface area (Å²) in [4.78, 5) is 15.1. The van der Waals surface area contributed by atoms with Crippen LogP contribution in [-0.2, 0) is 10.2 Å². The number of carbonyl (C=O) groups is 1. The van der Waals surface area contributed by atoms with Crippen molar-refractivity contribution >= 4 is 5.91 Å². The second-order valence-electron chi connectivity index (χ2n) is 6.70. The van der Waals surface area contributed by atoms with Crippen LogP contribution < -0.4 is 0 Å². The Bertz CT molecular complexity index is 493. The van der Waals surface area contributed by atoms with Crippen LogP contribution in [0.25, 0.3) is 0 Å². The summed E-state index contributed by atoms with van der Waals surface area (Å²) in [7, 11) is 0. The second-order valence-corrected chi connectivity index (χ2v) is 6.70. The molecular formula is C18H25NO2. The van der Waals surface area contributed by atoms with Gasteiger partial charge in [-0.3, -0.25) is 4.79 Å². The Morgan fingerprint density at radius 2 is 2.00 bits per heavy atom. The van der Waals surface area contributed by atoms with Crippen molar-refractivity contribution in [1.82, 2.24) is 4.90 Å². The molecule has 21 heavy (non-hydrogen) atoms. The predicted molar refractivity (Wildman–Crippen MR) is 83.0 cm³/mol. The monoisotopic (exact) mass is 287 g/mol. The third-order valence-corrected chi connectivity index (χ3v) is 5.37. The molecule has 2 fully saturated rings. The molecule has 2 unspecified atom stereocenters. The predicted octanol–water partition coefficient (Wildman–Crippen LogP) is 2.73. The lowest BCUT2D eigenvalue weighted by Crippen LogP contribution is -2.54. The number of benzene rings is 1. The van der Waals surface area contributed by atoms with Crippen LogP contribution in [0.4, 0.5) is 0 Å². The van der Waals surface area contributed by atoms with Crippen LogP contribution >= 0.6 is 0 Å². The highest BCUT2D eigenvalue weighted by Gasteiger charge is 2.48. The molecule has 1 aliphatic carbocycles. The first-order valence-electron chi connectivity index (χ1n) is 8.16. The Kier molecular flexibility index (Phi) is 4.03. The number of aliphatic hydroxyl groups excluding tert-OH is 1. The summed E-state index contributed by atoms with van der Waals surface area (Å²) in [5.41, 5.74) is 0.877. The van der Waals surface area contributed by atoms with Crippen molar-refractivity contribution < 1.29 is 9.90 Å². The summed E-state index contributed by atoms with van der Waals surface area (Å²) in [5.74, 6) is 0.515. The van der Waals surface area contributed by atoms with Gasteiger partial charge in [-0.25, -0.2) is 0 Å². The van der Waals surface area contributed by atoms with Gasteiger partial charge in [0.1, 0.15) is 0 Å². The second kappa shape index (κ2) is 5.80. The lowest BCUT2D eigenvalue weighted by molar-refractivity contribution is -0.143. The maximum absolute atomic E-state index is 13.1. The van der Waals surface area contributed by atoms with Crippen molar-refractivity contribution in [1.29, 1.82) is 0 Å². The van der Waals surface area contributed by atoms with Gasteiger partial charge in [0, 0.05) is 19.0 Å². The number of hydrogen-bond donors (Lipinski definition) is 1. The molecule has 1 saturated carbocycles. The summed E-state index contributed by atoms with van der Waals surface area (Å²) < 4.78 is 0. The van der Waals surface area contributed by atoms with E-state index in [9.17, 15) is 9.90 Å². The molecule has 3 nitrogen and oxygen atoms in total. The Morgan fingerprint density at radius 3 is 2.57 bits per heavy atom. The number of likely N-dealkylation sites (tertiary alicyclic amines) is 1. The SMILES string of the molecule is CC(O)C1CCCN(C(=O)C2(c3ccccc3)CCC2)C1. The molecule has 2 atom stereocenters. The average Bonchev–Trinajstić information content (AvgIpc) is 2.47. The van der Waals surface area contributed by atoms with Gasteiger partial charge in [0.25, 0.3) is 0 Å². The molecule has 0 aromatic heterocycles. The van der Waals surface area contributed by atoms with E-state index in [2.05, 4.69) is 12.1 Å². The van der Waals surface area contributed by atoms with Crippen LogP contribution in [0.3, 0.4) is 0 Å². The summed E-state index contributed by atoms with van der Waals surface area (Å²) >= 11 is 0. The Balaban J connectivity index is 1.80. The van der Waals surface area contributed by atoms with Crippen molar-refractivity contribution in [3.05, 3.63) is 35.9 Å². The highest BCUT2D eigenvalue weighted by Crippen LogP contribution is 2.45. The first kappa shape index (κ1) is 14.6.